The standard InChI is InChI=1S/C7H11Cl2N2O2P/c8-2-5-11(6-3-9)14(12)10-4-1-7-13-14/h1,4,7H,2-3,5-6H2. The maximum absolute atomic E-state index is 12.1. The van der Waals surface area contributed by atoms with Crippen molar-refractivity contribution >= 4 is 37.1 Å². The molecule has 0 saturated heterocycles. The number of hydrogen-bond donors (Lipinski definition) is 0. The summed E-state index contributed by atoms with van der Waals surface area (Å²) in [4.78, 5) is 0. The Morgan fingerprint density at radius 3 is 2.43 bits per heavy atom. The molecule has 7 heteroatoms. The first-order chi connectivity index (χ1) is 6.73. The zero-order chi connectivity index (χ0) is 10.4. The van der Waals surface area contributed by atoms with Crippen molar-refractivity contribution in [2.45, 2.75) is 0 Å². The van der Waals surface area contributed by atoms with Gasteiger partial charge in [0.05, 0.1) is 6.26 Å². The minimum Gasteiger partial charge on any atom is -0.425 e. The van der Waals surface area contributed by atoms with Gasteiger partial charge in [0.25, 0.3) is 0 Å². The van der Waals surface area contributed by atoms with Crippen LogP contribution in [0.5, 0.6) is 0 Å². The van der Waals surface area contributed by atoms with Crippen LogP contribution in [-0.2, 0) is 9.09 Å². The first-order valence-corrected chi connectivity index (χ1v) is 6.69. The Balaban J connectivity index is 2.70. The van der Waals surface area contributed by atoms with E-state index in [9.17, 15) is 4.57 Å². The molecule has 0 saturated carbocycles. The lowest BCUT2D eigenvalue weighted by atomic mass is 10.6. The quantitative estimate of drug-likeness (QED) is 0.561. The summed E-state index contributed by atoms with van der Waals surface area (Å²) in [6.45, 7) is 0.882. The average molecular weight is 257 g/mol. The van der Waals surface area contributed by atoms with Crippen LogP contribution in [0.4, 0.5) is 0 Å². The van der Waals surface area contributed by atoms with Gasteiger partial charge in [-0.25, -0.2) is 9.24 Å². The molecule has 0 radical (unpaired) electrons. The van der Waals surface area contributed by atoms with Crippen LogP contribution < -0.4 is 0 Å². The summed E-state index contributed by atoms with van der Waals surface area (Å²) in [6.07, 6.45) is 4.40. The summed E-state index contributed by atoms with van der Waals surface area (Å²) in [6, 6.07) is 0. The molecule has 0 spiro atoms. The molecule has 1 heterocycles. The Hall–Kier alpha value is -0.0200. The van der Waals surface area contributed by atoms with Crippen LogP contribution in [0.2, 0.25) is 0 Å². The van der Waals surface area contributed by atoms with Gasteiger partial charge in [-0.15, -0.1) is 23.2 Å². The first kappa shape index (κ1) is 12.1. The van der Waals surface area contributed by atoms with Gasteiger partial charge >= 0.3 is 7.67 Å². The molecule has 0 aromatic carbocycles. The Morgan fingerprint density at radius 1 is 1.36 bits per heavy atom. The third-order valence-corrected chi connectivity index (χ3v) is 3.89. The normalized spacial score (nSPS) is 25.4. The van der Waals surface area contributed by atoms with E-state index in [0.29, 0.717) is 24.8 Å². The van der Waals surface area contributed by atoms with E-state index >= 15 is 0 Å². The Morgan fingerprint density at radius 2 is 2.00 bits per heavy atom. The highest BCUT2D eigenvalue weighted by Gasteiger charge is 2.31. The van der Waals surface area contributed by atoms with Crippen LogP contribution in [0.25, 0.3) is 0 Å². The number of hydrogen-bond acceptors (Lipinski definition) is 2. The largest absolute Gasteiger partial charge is 0.440 e. The number of alkyl halides is 2. The van der Waals surface area contributed by atoms with Crippen LogP contribution in [0, 0.1) is 0 Å². The Bertz CT molecular complexity index is 277. The molecule has 1 aliphatic heterocycles. The van der Waals surface area contributed by atoms with E-state index in [1.54, 1.807) is 10.7 Å². The molecule has 14 heavy (non-hydrogen) atoms. The fraction of sp³-hybridized carbons (Fsp3) is 0.571. The summed E-state index contributed by atoms with van der Waals surface area (Å²) in [5, 5.41) is 0. The van der Waals surface area contributed by atoms with E-state index in [1.807, 2.05) is 0 Å². The monoisotopic (exact) mass is 256 g/mol. The van der Waals surface area contributed by atoms with Crippen molar-refractivity contribution in [3.8, 4) is 0 Å². The molecule has 0 aliphatic carbocycles. The van der Waals surface area contributed by atoms with E-state index in [4.69, 9.17) is 27.7 Å². The lowest BCUT2D eigenvalue weighted by Crippen LogP contribution is -2.25. The fourth-order valence-corrected chi connectivity index (χ4v) is 3.16. The average Bonchev–Trinajstić information content (AvgIpc) is 2.19. The maximum Gasteiger partial charge on any atom is 0.440 e. The highest BCUT2D eigenvalue weighted by Crippen LogP contribution is 2.53. The Kier molecular flexibility index (Phi) is 4.96. The van der Waals surface area contributed by atoms with Gasteiger partial charge in [-0.05, 0) is 6.08 Å². The molecular weight excluding hydrogens is 246 g/mol. The van der Waals surface area contributed by atoms with Crippen LogP contribution in [-0.4, -0.2) is 35.7 Å². The number of halogens is 2. The van der Waals surface area contributed by atoms with Crippen molar-refractivity contribution in [1.82, 2.24) is 4.67 Å². The Labute approximate surface area is 93.1 Å². The van der Waals surface area contributed by atoms with Gasteiger partial charge in [-0.3, -0.25) is 0 Å². The SMILES string of the molecule is O=P1(N(CCCl)CCCl)N=CC=CO1. The summed E-state index contributed by atoms with van der Waals surface area (Å²) in [5.74, 6) is 0.729. The molecular formula is C7H11Cl2N2O2P. The van der Waals surface area contributed by atoms with E-state index in [1.165, 1.54) is 12.5 Å². The predicted octanol–water partition coefficient (Wildman–Crippen LogP) is 2.49. The molecule has 0 aromatic rings. The zero-order valence-corrected chi connectivity index (χ0v) is 9.88. The van der Waals surface area contributed by atoms with Crippen molar-refractivity contribution in [3.05, 3.63) is 12.3 Å². The molecule has 1 atom stereocenters. The summed E-state index contributed by atoms with van der Waals surface area (Å²) in [7, 11) is -3.11. The van der Waals surface area contributed by atoms with Crippen molar-refractivity contribution in [2.75, 3.05) is 24.8 Å². The first-order valence-electron chi connectivity index (χ1n) is 4.09. The van der Waals surface area contributed by atoms with Crippen LogP contribution >= 0.6 is 30.9 Å². The van der Waals surface area contributed by atoms with Crippen LogP contribution in [0.3, 0.4) is 0 Å². The molecule has 1 rings (SSSR count). The van der Waals surface area contributed by atoms with E-state index in [-0.39, 0.29) is 0 Å². The summed E-state index contributed by atoms with van der Waals surface area (Å²) in [5.41, 5.74) is 0. The second-order valence-electron chi connectivity index (χ2n) is 2.52. The minimum absolute atomic E-state index is 0.365. The van der Waals surface area contributed by atoms with Crippen molar-refractivity contribution in [3.63, 3.8) is 0 Å². The van der Waals surface area contributed by atoms with Gasteiger partial charge in [0, 0.05) is 31.1 Å². The molecule has 0 fully saturated rings. The number of nitrogens with zero attached hydrogens (tertiary/aromatic N) is 2. The summed E-state index contributed by atoms with van der Waals surface area (Å²) < 4.78 is 22.5. The molecule has 1 unspecified atom stereocenters. The molecule has 1 aliphatic rings. The number of rotatable bonds is 5. The van der Waals surface area contributed by atoms with Gasteiger partial charge in [-0.1, -0.05) is 0 Å². The zero-order valence-electron chi connectivity index (χ0n) is 7.47. The van der Waals surface area contributed by atoms with Gasteiger partial charge in [0.1, 0.15) is 0 Å². The smallest absolute Gasteiger partial charge is 0.425 e. The summed E-state index contributed by atoms with van der Waals surface area (Å²) >= 11 is 11.2. The van der Waals surface area contributed by atoms with E-state index in [0.717, 1.165) is 0 Å². The molecule has 80 valence electrons. The van der Waals surface area contributed by atoms with Crippen molar-refractivity contribution < 1.29 is 9.09 Å². The molecule has 0 bridgehead atoms. The fourth-order valence-electron chi connectivity index (χ4n) is 0.999. The van der Waals surface area contributed by atoms with Crippen molar-refractivity contribution in [1.29, 1.82) is 0 Å². The van der Waals surface area contributed by atoms with Gasteiger partial charge in [0.2, 0.25) is 0 Å². The molecule has 0 N–H and O–H groups in total. The molecule has 0 aromatic heterocycles. The second-order valence-corrected chi connectivity index (χ2v) is 5.27. The van der Waals surface area contributed by atoms with Gasteiger partial charge < -0.3 is 4.52 Å². The topological polar surface area (TPSA) is 41.9 Å². The third-order valence-electron chi connectivity index (χ3n) is 1.62. The van der Waals surface area contributed by atoms with E-state index < -0.39 is 7.67 Å². The van der Waals surface area contributed by atoms with Gasteiger partial charge in [-0.2, -0.15) is 4.76 Å². The maximum atomic E-state index is 12.1. The van der Waals surface area contributed by atoms with Crippen molar-refractivity contribution in [2.24, 2.45) is 4.76 Å². The van der Waals surface area contributed by atoms with Gasteiger partial charge in [0.15, 0.2) is 0 Å². The number of allylic oxidation sites excluding steroid dienone is 1. The lowest BCUT2D eigenvalue weighted by molar-refractivity contribution is 0.346. The van der Waals surface area contributed by atoms with E-state index in [2.05, 4.69) is 4.76 Å². The highest BCUT2D eigenvalue weighted by molar-refractivity contribution is 7.55. The predicted molar refractivity (Wildman–Crippen MR) is 59.3 cm³/mol. The third kappa shape index (κ3) is 2.99. The van der Waals surface area contributed by atoms with Crippen LogP contribution in [0.1, 0.15) is 0 Å². The molecule has 0 amide bonds. The highest BCUT2D eigenvalue weighted by atomic mass is 35.5. The molecule has 4 nitrogen and oxygen atoms in total. The lowest BCUT2D eigenvalue weighted by Gasteiger charge is -2.26. The minimum atomic E-state index is -3.11. The van der Waals surface area contributed by atoms with Crippen LogP contribution in [0.15, 0.2) is 17.1 Å². The second kappa shape index (κ2) is 5.76.